The lowest BCUT2D eigenvalue weighted by Crippen LogP contribution is -2.33. The summed E-state index contributed by atoms with van der Waals surface area (Å²) in [6, 6.07) is 9.30. The summed E-state index contributed by atoms with van der Waals surface area (Å²) in [7, 11) is 0. The minimum absolute atomic E-state index is 0.0256. The van der Waals surface area contributed by atoms with E-state index in [0.29, 0.717) is 12.1 Å². The highest BCUT2D eigenvalue weighted by Gasteiger charge is 2.17. The molecule has 0 heterocycles. The predicted octanol–water partition coefficient (Wildman–Crippen LogP) is 2.59. The summed E-state index contributed by atoms with van der Waals surface area (Å²) in [4.78, 5) is 11.5. The quantitative estimate of drug-likeness (QED) is 0.868. The van der Waals surface area contributed by atoms with Crippen molar-refractivity contribution in [2.24, 2.45) is 5.92 Å². The number of hydrogen-bond donors (Lipinski definition) is 1. The number of rotatable bonds is 4. The molecule has 1 aromatic rings. The maximum atomic E-state index is 11.7. The molecule has 0 aliphatic rings. The monoisotopic (exact) mass is 294 g/mol. The number of hydrogen-bond acceptors (Lipinski definition) is 2. The minimum Gasteiger partial charge on any atom is -0.351 e. The first-order valence-corrected chi connectivity index (χ1v) is 6.37. The Labute approximate surface area is 110 Å². The van der Waals surface area contributed by atoms with Crippen LogP contribution in [-0.2, 0) is 11.3 Å². The lowest BCUT2D eigenvalue weighted by atomic mass is 10.1. The molecule has 4 heteroatoms. The number of nitrogens with one attached hydrogen (secondary N) is 1. The molecule has 0 bridgehead atoms. The zero-order valence-electron chi connectivity index (χ0n) is 9.90. The van der Waals surface area contributed by atoms with Gasteiger partial charge in [-0.3, -0.25) is 4.79 Å². The molecule has 0 saturated carbocycles. The third-order valence-corrected chi connectivity index (χ3v) is 3.83. The van der Waals surface area contributed by atoms with Gasteiger partial charge in [0.05, 0.1) is 16.5 Å². The van der Waals surface area contributed by atoms with Gasteiger partial charge in [0.15, 0.2) is 0 Å². The molecule has 1 N–H and O–H groups in total. The molecule has 1 unspecified atom stereocenters. The van der Waals surface area contributed by atoms with Crippen molar-refractivity contribution in [2.75, 3.05) is 0 Å². The Hall–Kier alpha value is -1.34. The number of amides is 1. The molecule has 1 atom stereocenters. The van der Waals surface area contributed by atoms with Crippen molar-refractivity contribution in [3.63, 3.8) is 0 Å². The summed E-state index contributed by atoms with van der Waals surface area (Å²) in [5.74, 6) is 0.225. The van der Waals surface area contributed by atoms with Crippen molar-refractivity contribution in [3.05, 3.63) is 35.4 Å². The number of halogens is 1. The molecule has 0 radical (unpaired) electrons. The number of nitrogens with zero attached hydrogens (tertiary/aromatic N) is 1. The van der Waals surface area contributed by atoms with Gasteiger partial charge < -0.3 is 5.32 Å². The second kappa shape index (κ2) is 6.41. The van der Waals surface area contributed by atoms with Crippen LogP contribution < -0.4 is 5.32 Å². The van der Waals surface area contributed by atoms with Crippen LogP contribution >= 0.6 is 15.9 Å². The summed E-state index contributed by atoms with van der Waals surface area (Å²) in [6.07, 6.45) is 0. The van der Waals surface area contributed by atoms with Crippen LogP contribution in [-0.4, -0.2) is 10.7 Å². The highest BCUT2D eigenvalue weighted by Crippen LogP contribution is 2.12. The zero-order valence-corrected chi connectivity index (χ0v) is 11.5. The molecule has 90 valence electrons. The lowest BCUT2D eigenvalue weighted by molar-refractivity contribution is -0.121. The van der Waals surface area contributed by atoms with E-state index < -0.39 is 0 Å². The van der Waals surface area contributed by atoms with Crippen LogP contribution in [0.25, 0.3) is 0 Å². The van der Waals surface area contributed by atoms with Gasteiger partial charge in [-0.25, -0.2) is 0 Å². The van der Waals surface area contributed by atoms with Gasteiger partial charge in [0.1, 0.15) is 0 Å². The molecular weight excluding hydrogens is 280 g/mol. The molecule has 0 aromatic heterocycles. The normalized spacial score (nSPS) is 11.9. The van der Waals surface area contributed by atoms with E-state index in [4.69, 9.17) is 5.26 Å². The van der Waals surface area contributed by atoms with Crippen molar-refractivity contribution < 1.29 is 4.79 Å². The Morgan fingerprint density at radius 1 is 1.53 bits per heavy atom. The number of benzene rings is 1. The first-order valence-electron chi connectivity index (χ1n) is 5.45. The second-order valence-corrected chi connectivity index (χ2v) is 5.16. The van der Waals surface area contributed by atoms with Gasteiger partial charge in [0.25, 0.3) is 0 Å². The Kier molecular flexibility index (Phi) is 5.17. The molecule has 17 heavy (non-hydrogen) atoms. The summed E-state index contributed by atoms with van der Waals surface area (Å²) < 4.78 is 0. The van der Waals surface area contributed by atoms with E-state index in [2.05, 4.69) is 27.3 Å². The molecule has 0 saturated heterocycles. The van der Waals surface area contributed by atoms with E-state index in [1.807, 2.05) is 26.0 Å². The zero-order chi connectivity index (χ0) is 12.8. The molecule has 3 nitrogen and oxygen atoms in total. The number of carbonyl (C=O) groups is 1. The minimum atomic E-state index is -0.179. The number of alkyl halides is 1. The standard InChI is InChI=1S/C13H15BrN2O/c1-9(2)12(14)13(17)16-8-11-5-3-4-10(6-11)7-15/h3-6,9,12H,8H2,1-2H3,(H,16,17). The fourth-order valence-corrected chi connectivity index (χ4v) is 1.50. The van der Waals surface area contributed by atoms with Gasteiger partial charge >= 0.3 is 0 Å². The summed E-state index contributed by atoms with van der Waals surface area (Å²) >= 11 is 3.34. The highest BCUT2D eigenvalue weighted by molar-refractivity contribution is 9.10. The third kappa shape index (κ3) is 4.20. The molecule has 0 aliphatic carbocycles. The number of carbonyl (C=O) groups excluding carboxylic acids is 1. The van der Waals surface area contributed by atoms with Gasteiger partial charge in [-0.15, -0.1) is 0 Å². The highest BCUT2D eigenvalue weighted by atomic mass is 79.9. The average Bonchev–Trinajstić information content (AvgIpc) is 2.35. The molecule has 0 fully saturated rings. The first-order chi connectivity index (χ1) is 8.04. The van der Waals surface area contributed by atoms with Crippen LogP contribution in [0.5, 0.6) is 0 Å². The molecular formula is C13H15BrN2O. The van der Waals surface area contributed by atoms with E-state index in [1.165, 1.54) is 0 Å². The van der Waals surface area contributed by atoms with E-state index >= 15 is 0 Å². The van der Waals surface area contributed by atoms with Crippen LogP contribution in [0.15, 0.2) is 24.3 Å². The van der Waals surface area contributed by atoms with Gasteiger partial charge in [0.2, 0.25) is 5.91 Å². The predicted molar refractivity (Wildman–Crippen MR) is 70.6 cm³/mol. The molecule has 0 aliphatic heterocycles. The van der Waals surface area contributed by atoms with Crippen LogP contribution in [0.2, 0.25) is 0 Å². The fourth-order valence-electron chi connectivity index (χ4n) is 1.34. The van der Waals surface area contributed by atoms with Crippen molar-refractivity contribution in [1.29, 1.82) is 5.26 Å². The van der Waals surface area contributed by atoms with Crippen molar-refractivity contribution in [3.8, 4) is 6.07 Å². The number of nitriles is 1. The summed E-state index contributed by atoms with van der Waals surface area (Å²) in [5, 5.41) is 11.6. The first kappa shape index (κ1) is 13.7. The van der Waals surface area contributed by atoms with E-state index in [0.717, 1.165) is 5.56 Å². The SMILES string of the molecule is CC(C)C(Br)C(=O)NCc1cccc(C#N)c1. The van der Waals surface area contributed by atoms with Gasteiger partial charge in [-0.05, 0) is 23.6 Å². The van der Waals surface area contributed by atoms with Gasteiger partial charge in [0, 0.05) is 6.54 Å². The smallest absolute Gasteiger partial charge is 0.234 e. The lowest BCUT2D eigenvalue weighted by Gasteiger charge is -2.13. The molecule has 1 aromatic carbocycles. The van der Waals surface area contributed by atoms with Crippen molar-refractivity contribution in [2.45, 2.75) is 25.2 Å². The van der Waals surface area contributed by atoms with Crippen LogP contribution in [0.3, 0.4) is 0 Å². The maximum absolute atomic E-state index is 11.7. The molecule has 1 rings (SSSR count). The van der Waals surface area contributed by atoms with E-state index in [-0.39, 0.29) is 16.7 Å². The Balaban J connectivity index is 2.56. The maximum Gasteiger partial charge on any atom is 0.234 e. The van der Waals surface area contributed by atoms with Crippen LogP contribution in [0.1, 0.15) is 25.0 Å². The molecule has 1 amide bonds. The largest absolute Gasteiger partial charge is 0.351 e. The summed E-state index contributed by atoms with van der Waals surface area (Å²) in [6.45, 7) is 4.41. The van der Waals surface area contributed by atoms with E-state index in [1.54, 1.807) is 12.1 Å². The Bertz CT molecular complexity index is 437. The Morgan fingerprint density at radius 3 is 2.82 bits per heavy atom. The van der Waals surface area contributed by atoms with E-state index in [9.17, 15) is 4.79 Å². The van der Waals surface area contributed by atoms with Gasteiger partial charge in [-0.2, -0.15) is 5.26 Å². The van der Waals surface area contributed by atoms with Crippen LogP contribution in [0.4, 0.5) is 0 Å². The average molecular weight is 295 g/mol. The molecule has 0 spiro atoms. The van der Waals surface area contributed by atoms with Crippen LogP contribution in [0, 0.1) is 17.2 Å². The van der Waals surface area contributed by atoms with Crippen molar-refractivity contribution in [1.82, 2.24) is 5.32 Å². The third-order valence-electron chi connectivity index (χ3n) is 2.36. The second-order valence-electron chi connectivity index (χ2n) is 4.18. The van der Waals surface area contributed by atoms with Gasteiger partial charge in [-0.1, -0.05) is 41.9 Å². The topological polar surface area (TPSA) is 52.9 Å². The van der Waals surface area contributed by atoms with Crippen molar-refractivity contribution >= 4 is 21.8 Å². The fraction of sp³-hybridized carbons (Fsp3) is 0.385. The Morgan fingerprint density at radius 2 is 2.24 bits per heavy atom. The summed E-state index contributed by atoms with van der Waals surface area (Å²) in [5.41, 5.74) is 1.54.